The molecule has 1 aromatic rings. The van der Waals surface area contributed by atoms with E-state index in [0.717, 1.165) is 12.2 Å². The molecule has 5 nitrogen and oxygen atoms in total. The van der Waals surface area contributed by atoms with Crippen molar-refractivity contribution in [2.75, 3.05) is 5.32 Å². The van der Waals surface area contributed by atoms with Crippen LogP contribution < -0.4 is 5.32 Å². The molecule has 0 fully saturated rings. The molecule has 0 radical (unpaired) electrons. The topological polar surface area (TPSA) is 79.3 Å². The van der Waals surface area contributed by atoms with E-state index in [1.54, 1.807) is 12.1 Å². The zero-order chi connectivity index (χ0) is 10.4. The predicted octanol–water partition coefficient (Wildman–Crippen LogP) is 0.661. The van der Waals surface area contributed by atoms with Crippen molar-refractivity contribution in [2.24, 2.45) is 0 Å². The SMILES string of the molecule is O=C(O)/C=C/C(=O)Nc1ccncc1. The molecule has 0 spiro atoms. The molecular formula is C9H8N2O3. The van der Waals surface area contributed by atoms with Gasteiger partial charge in [-0.2, -0.15) is 0 Å². The van der Waals surface area contributed by atoms with Gasteiger partial charge in [0.15, 0.2) is 0 Å². The number of carbonyl (C=O) groups is 2. The Kier molecular flexibility index (Phi) is 3.37. The van der Waals surface area contributed by atoms with Crippen LogP contribution in [0.25, 0.3) is 0 Å². The van der Waals surface area contributed by atoms with Crippen LogP contribution in [0.4, 0.5) is 5.69 Å². The van der Waals surface area contributed by atoms with Gasteiger partial charge < -0.3 is 10.4 Å². The third-order valence-corrected chi connectivity index (χ3v) is 1.33. The number of carboxylic acids is 1. The molecule has 5 heteroatoms. The number of hydrogen-bond acceptors (Lipinski definition) is 3. The lowest BCUT2D eigenvalue weighted by Gasteiger charge is -1.99. The first-order valence-corrected chi connectivity index (χ1v) is 3.80. The molecule has 0 unspecified atom stereocenters. The number of pyridine rings is 1. The largest absolute Gasteiger partial charge is 0.478 e. The van der Waals surface area contributed by atoms with Crippen LogP contribution in [0.2, 0.25) is 0 Å². The monoisotopic (exact) mass is 192 g/mol. The lowest BCUT2D eigenvalue weighted by molar-refractivity contribution is -0.131. The minimum atomic E-state index is -1.16. The summed E-state index contributed by atoms with van der Waals surface area (Å²) in [7, 11) is 0. The fourth-order valence-corrected chi connectivity index (χ4v) is 0.766. The van der Waals surface area contributed by atoms with Gasteiger partial charge in [0.1, 0.15) is 0 Å². The van der Waals surface area contributed by atoms with Crippen molar-refractivity contribution >= 4 is 17.6 Å². The van der Waals surface area contributed by atoms with Gasteiger partial charge in [0.2, 0.25) is 5.91 Å². The summed E-state index contributed by atoms with van der Waals surface area (Å²) in [5, 5.41) is 10.7. The van der Waals surface area contributed by atoms with Crippen molar-refractivity contribution in [3.8, 4) is 0 Å². The Labute approximate surface area is 80.1 Å². The van der Waals surface area contributed by atoms with Crippen LogP contribution in [0, 0.1) is 0 Å². The molecule has 1 amide bonds. The number of carboxylic acid groups (broad SMARTS) is 1. The summed E-state index contributed by atoms with van der Waals surface area (Å²) in [5.41, 5.74) is 0.569. The standard InChI is InChI=1S/C9H8N2O3/c12-8(1-2-9(13)14)11-7-3-5-10-6-4-7/h1-6H,(H,13,14)(H,10,11,12)/b2-1+. The van der Waals surface area contributed by atoms with Crippen LogP contribution >= 0.6 is 0 Å². The van der Waals surface area contributed by atoms with E-state index in [1.165, 1.54) is 12.4 Å². The molecule has 0 saturated heterocycles. The van der Waals surface area contributed by atoms with Crippen LogP contribution in [-0.2, 0) is 9.59 Å². The van der Waals surface area contributed by atoms with E-state index in [-0.39, 0.29) is 0 Å². The van der Waals surface area contributed by atoms with Crippen molar-refractivity contribution in [1.82, 2.24) is 4.98 Å². The predicted molar refractivity (Wildman–Crippen MR) is 49.6 cm³/mol. The Hall–Kier alpha value is -2.17. The van der Waals surface area contributed by atoms with Gasteiger partial charge in [-0.1, -0.05) is 0 Å². The molecule has 1 heterocycles. The number of carbonyl (C=O) groups excluding carboxylic acids is 1. The van der Waals surface area contributed by atoms with E-state index in [2.05, 4.69) is 10.3 Å². The summed E-state index contributed by atoms with van der Waals surface area (Å²) in [6.45, 7) is 0. The zero-order valence-corrected chi connectivity index (χ0v) is 7.18. The molecule has 0 bridgehead atoms. The van der Waals surface area contributed by atoms with Crippen molar-refractivity contribution in [2.45, 2.75) is 0 Å². The quantitative estimate of drug-likeness (QED) is 0.689. The van der Waals surface area contributed by atoms with E-state index >= 15 is 0 Å². The summed E-state index contributed by atoms with van der Waals surface area (Å²) >= 11 is 0. The second-order valence-corrected chi connectivity index (χ2v) is 2.40. The van der Waals surface area contributed by atoms with Gasteiger partial charge in [-0.15, -0.1) is 0 Å². The Morgan fingerprint density at radius 2 is 1.93 bits per heavy atom. The van der Waals surface area contributed by atoms with Crippen molar-refractivity contribution in [3.05, 3.63) is 36.7 Å². The normalized spacial score (nSPS) is 10.0. The maximum Gasteiger partial charge on any atom is 0.328 e. The minimum Gasteiger partial charge on any atom is -0.478 e. The van der Waals surface area contributed by atoms with E-state index in [4.69, 9.17) is 5.11 Å². The van der Waals surface area contributed by atoms with Crippen molar-refractivity contribution in [3.63, 3.8) is 0 Å². The highest BCUT2D eigenvalue weighted by Gasteiger charge is 1.97. The van der Waals surface area contributed by atoms with E-state index < -0.39 is 11.9 Å². The number of rotatable bonds is 3. The number of aliphatic carboxylic acids is 1. The molecule has 72 valence electrons. The highest BCUT2D eigenvalue weighted by Crippen LogP contribution is 2.02. The van der Waals surface area contributed by atoms with Crippen LogP contribution in [0.15, 0.2) is 36.7 Å². The fourth-order valence-electron chi connectivity index (χ4n) is 0.766. The molecule has 1 aromatic heterocycles. The number of hydrogen-bond donors (Lipinski definition) is 2. The van der Waals surface area contributed by atoms with Gasteiger partial charge >= 0.3 is 5.97 Å². The first-order chi connectivity index (χ1) is 6.68. The third-order valence-electron chi connectivity index (χ3n) is 1.33. The zero-order valence-electron chi connectivity index (χ0n) is 7.18. The third kappa shape index (κ3) is 3.48. The Balaban J connectivity index is 2.54. The number of anilines is 1. The molecule has 0 aromatic carbocycles. The summed E-state index contributed by atoms with van der Waals surface area (Å²) < 4.78 is 0. The molecule has 2 N–H and O–H groups in total. The molecule has 0 atom stereocenters. The first-order valence-electron chi connectivity index (χ1n) is 3.80. The maximum atomic E-state index is 11.0. The van der Waals surface area contributed by atoms with Gasteiger partial charge in [-0.05, 0) is 12.1 Å². The Morgan fingerprint density at radius 1 is 1.29 bits per heavy atom. The molecular weight excluding hydrogens is 184 g/mol. The van der Waals surface area contributed by atoms with Crippen LogP contribution in [0.5, 0.6) is 0 Å². The fraction of sp³-hybridized carbons (Fsp3) is 0. The molecule has 0 aliphatic heterocycles. The second-order valence-electron chi connectivity index (χ2n) is 2.40. The van der Waals surface area contributed by atoms with Crippen LogP contribution in [0.1, 0.15) is 0 Å². The minimum absolute atomic E-state index is 0.487. The summed E-state index contributed by atoms with van der Waals surface area (Å²) in [4.78, 5) is 24.9. The maximum absolute atomic E-state index is 11.0. The average Bonchev–Trinajstić information content (AvgIpc) is 2.16. The van der Waals surface area contributed by atoms with Crippen LogP contribution in [0.3, 0.4) is 0 Å². The number of aromatic nitrogens is 1. The van der Waals surface area contributed by atoms with Gasteiger partial charge in [-0.25, -0.2) is 4.79 Å². The number of nitrogens with one attached hydrogen (secondary N) is 1. The molecule has 1 rings (SSSR count). The smallest absolute Gasteiger partial charge is 0.328 e. The molecule has 0 saturated carbocycles. The lowest BCUT2D eigenvalue weighted by atomic mass is 10.4. The van der Waals surface area contributed by atoms with Crippen molar-refractivity contribution in [1.29, 1.82) is 0 Å². The summed E-state index contributed by atoms with van der Waals surface area (Å²) in [6, 6.07) is 3.21. The molecule has 0 aliphatic carbocycles. The van der Waals surface area contributed by atoms with E-state index in [9.17, 15) is 9.59 Å². The number of amides is 1. The van der Waals surface area contributed by atoms with Gasteiger partial charge in [0.25, 0.3) is 0 Å². The summed E-state index contributed by atoms with van der Waals surface area (Å²) in [5.74, 6) is -1.64. The summed E-state index contributed by atoms with van der Waals surface area (Å²) in [6.07, 6.45) is 4.77. The van der Waals surface area contributed by atoms with Gasteiger partial charge in [0, 0.05) is 30.2 Å². The number of nitrogens with zero attached hydrogens (tertiary/aromatic N) is 1. The highest BCUT2D eigenvalue weighted by atomic mass is 16.4. The lowest BCUT2D eigenvalue weighted by Crippen LogP contribution is -2.08. The van der Waals surface area contributed by atoms with Crippen molar-refractivity contribution < 1.29 is 14.7 Å². The molecule has 14 heavy (non-hydrogen) atoms. The second kappa shape index (κ2) is 4.76. The van der Waals surface area contributed by atoms with E-state index in [0.29, 0.717) is 5.69 Å². The first kappa shape index (κ1) is 9.91. The average molecular weight is 192 g/mol. The molecule has 0 aliphatic rings. The van der Waals surface area contributed by atoms with Crippen LogP contribution in [-0.4, -0.2) is 22.0 Å². The Morgan fingerprint density at radius 3 is 2.50 bits per heavy atom. The highest BCUT2D eigenvalue weighted by molar-refractivity contribution is 6.02. The van der Waals surface area contributed by atoms with Gasteiger partial charge in [0.05, 0.1) is 0 Å². The van der Waals surface area contributed by atoms with E-state index in [1.807, 2.05) is 0 Å². The van der Waals surface area contributed by atoms with Gasteiger partial charge in [-0.3, -0.25) is 9.78 Å². The Bertz CT molecular complexity index is 360.